The lowest BCUT2D eigenvalue weighted by molar-refractivity contribution is -0.115. The monoisotopic (exact) mass is 336 g/mol. The maximum atomic E-state index is 12.2. The van der Waals surface area contributed by atoms with Gasteiger partial charge in [-0.3, -0.25) is 9.78 Å². The van der Waals surface area contributed by atoms with E-state index < -0.39 is 0 Å². The maximum absolute atomic E-state index is 12.2. The standard InChI is InChI=1S/C14H13BrN2OS/c15-10-7-9-3-1-4-11(13(9)16-8-10)17-14(18)12-5-2-6-19-12/h1,3-4,7-8,12H,2,5-6H2,(H,17,18). The molecule has 0 saturated carbocycles. The number of carbonyl (C=O) groups is 1. The molecule has 1 amide bonds. The van der Waals surface area contributed by atoms with Crippen molar-refractivity contribution in [3.05, 3.63) is 34.9 Å². The number of rotatable bonds is 2. The summed E-state index contributed by atoms with van der Waals surface area (Å²) in [5.74, 6) is 1.18. The van der Waals surface area contributed by atoms with E-state index in [1.165, 1.54) is 0 Å². The third-order valence-electron chi connectivity index (χ3n) is 3.16. The van der Waals surface area contributed by atoms with Gasteiger partial charge in [-0.1, -0.05) is 12.1 Å². The summed E-state index contributed by atoms with van der Waals surface area (Å²) in [7, 11) is 0. The minimum atomic E-state index is 0.0886. The highest BCUT2D eigenvalue weighted by atomic mass is 79.9. The van der Waals surface area contributed by atoms with Crippen molar-refractivity contribution < 1.29 is 4.79 Å². The van der Waals surface area contributed by atoms with E-state index in [1.54, 1.807) is 18.0 Å². The van der Waals surface area contributed by atoms with Gasteiger partial charge in [0, 0.05) is 16.1 Å². The first-order valence-corrected chi connectivity index (χ1v) is 8.05. The second-order valence-corrected chi connectivity index (χ2v) is 6.75. The molecule has 0 spiro atoms. The SMILES string of the molecule is O=C(Nc1cccc2cc(Br)cnc12)C1CCCS1. The van der Waals surface area contributed by atoms with E-state index in [0.717, 1.165) is 39.7 Å². The molecule has 1 aliphatic heterocycles. The maximum Gasteiger partial charge on any atom is 0.237 e. The molecule has 1 N–H and O–H groups in total. The number of nitrogens with zero attached hydrogens (tertiary/aromatic N) is 1. The molecule has 1 aliphatic rings. The van der Waals surface area contributed by atoms with Crippen molar-refractivity contribution in [2.24, 2.45) is 0 Å². The van der Waals surface area contributed by atoms with Crippen LogP contribution in [0, 0.1) is 0 Å². The predicted octanol–water partition coefficient (Wildman–Crippen LogP) is 3.83. The zero-order chi connectivity index (χ0) is 13.2. The van der Waals surface area contributed by atoms with Gasteiger partial charge in [0.2, 0.25) is 5.91 Å². The van der Waals surface area contributed by atoms with Crippen molar-refractivity contribution in [1.82, 2.24) is 4.98 Å². The van der Waals surface area contributed by atoms with Crippen LogP contribution in [0.1, 0.15) is 12.8 Å². The van der Waals surface area contributed by atoms with Crippen LogP contribution in [0.5, 0.6) is 0 Å². The molecule has 0 radical (unpaired) electrons. The van der Waals surface area contributed by atoms with E-state index in [4.69, 9.17) is 0 Å². The Morgan fingerprint density at radius 1 is 1.47 bits per heavy atom. The van der Waals surface area contributed by atoms with Gasteiger partial charge in [0.05, 0.1) is 16.5 Å². The van der Waals surface area contributed by atoms with Gasteiger partial charge in [0.25, 0.3) is 0 Å². The molecule has 19 heavy (non-hydrogen) atoms. The van der Waals surface area contributed by atoms with Crippen LogP contribution >= 0.6 is 27.7 Å². The Balaban J connectivity index is 1.90. The Morgan fingerprint density at radius 3 is 3.16 bits per heavy atom. The predicted molar refractivity (Wildman–Crippen MR) is 83.6 cm³/mol. The molecule has 5 heteroatoms. The highest BCUT2D eigenvalue weighted by molar-refractivity contribution is 9.10. The summed E-state index contributed by atoms with van der Waals surface area (Å²) in [6.07, 6.45) is 3.85. The Kier molecular flexibility index (Phi) is 3.75. The highest BCUT2D eigenvalue weighted by Gasteiger charge is 2.23. The summed E-state index contributed by atoms with van der Waals surface area (Å²) in [5.41, 5.74) is 1.63. The molecule has 2 aromatic rings. The molecule has 1 saturated heterocycles. The van der Waals surface area contributed by atoms with E-state index in [0.29, 0.717) is 0 Å². The summed E-state index contributed by atoms with van der Waals surface area (Å²) < 4.78 is 0.940. The first-order chi connectivity index (χ1) is 9.24. The topological polar surface area (TPSA) is 42.0 Å². The number of para-hydroxylation sites is 1. The Bertz CT molecular complexity index is 626. The van der Waals surface area contributed by atoms with E-state index in [-0.39, 0.29) is 11.2 Å². The first-order valence-electron chi connectivity index (χ1n) is 6.21. The smallest absolute Gasteiger partial charge is 0.237 e. The molecule has 1 unspecified atom stereocenters. The average Bonchev–Trinajstić information content (AvgIpc) is 2.92. The number of fused-ring (bicyclic) bond motifs is 1. The third kappa shape index (κ3) is 2.77. The number of thioether (sulfide) groups is 1. The van der Waals surface area contributed by atoms with Gasteiger partial charge in [0.1, 0.15) is 0 Å². The van der Waals surface area contributed by atoms with Crippen molar-refractivity contribution in [1.29, 1.82) is 0 Å². The summed E-state index contributed by atoms with van der Waals surface area (Å²) in [4.78, 5) is 16.5. The molecule has 2 heterocycles. The lowest BCUT2D eigenvalue weighted by Gasteiger charge is -2.11. The Morgan fingerprint density at radius 2 is 2.37 bits per heavy atom. The molecule has 1 aromatic carbocycles. The van der Waals surface area contributed by atoms with Crippen LogP contribution in [0.25, 0.3) is 10.9 Å². The van der Waals surface area contributed by atoms with Gasteiger partial charge in [-0.15, -0.1) is 11.8 Å². The van der Waals surface area contributed by atoms with Crippen LogP contribution in [-0.2, 0) is 4.79 Å². The van der Waals surface area contributed by atoms with E-state index >= 15 is 0 Å². The number of hydrogen-bond donors (Lipinski definition) is 1. The molecule has 1 atom stereocenters. The largest absolute Gasteiger partial charge is 0.323 e. The third-order valence-corrected chi connectivity index (χ3v) is 4.97. The molecule has 0 bridgehead atoms. The van der Waals surface area contributed by atoms with Crippen LogP contribution < -0.4 is 5.32 Å². The molecule has 0 aliphatic carbocycles. The lowest BCUT2D eigenvalue weighted by Crippen LogP contribution is -2.23. The minimum Gasteiger partial charge on any atom is -0.323 e. The van der Waals surface area contributed by atoms with Crippen molar-refractivity contribution in [2.45, 2.75) is 18.1 Å². The van der Waals surface area contributed by atoms with Crippen molar-refractivity contribution in [3.63, 3.8) is 0 Å². The Labute approximate surface area is 124 Å². The van der Waals surface area contributed by atoms with Gasteiger partial charge in [-0.2, -0.15) is 0 Å². The van der Waals surface area contributed by atoms with E-state index in [2.05, 4.69) is 26.2 Å². The van der Waals surface area contributed by atoms with Gasteiger partial charge in [-0.05, 0) is 46.7 Å². The second kappa shape index (κ2) is 5.51. The fourth-order valence-electron chi connectivity index (χ4n) is 2.23. The number of anilines is 1. The van der Waals surface area contributed by atoms with Crippen LogP contribution in [0.4, 0.5) is 5.69 Å². The van der Waals surface area contributed by atoms with Crippen LogP contribution in [0.15, 0.2) is 34.9 Å². The number of benzene rings is 1. The number of carbonyl (C=O) groups excluding carboxylic acids is 1. The quantitative estimate of drug-likeness (QED) is 0.906. The van der Waals surface area contributed by atoms with Crippen molar-refractivity contribution in [2.75, 3.05) is 11.1 Å². The lowest BCUT2D eigenvalue weighted by atomic mass is 10.2. The first kappa shape index (κ1) is 12.9. The van der Waals surface area contributed by atoms with Gasteiger partial charge >= 0.3 is 0 Å². The fourth-order valence-corrected chi connectivity index (χ4v) is 3.74. The molecule has 98 valence electrons. The summed E-state index contributed by atoms with van der Waals surface area (Å²) in [6.45, 7) is 0. The normalized spacial score (nSPS) is 18.7. The van der Waals surface area contributed by atoms with Gasteiger partial charge in [-0.25, -0.2) is 0 Å². The molecule has 3 nitrogen and oxygen atoms in total. The molecular formula is C14H13BrN2OS. The average molecular weight is 337 g/mol. The molecule has 1 aromatic heterocycles. The number of amides is 1. The fraction of sp³-hybridized carbons (Fsp3) is 0.286. The van der Waals surface area contributed by atoms with Crippen LogP contribution in [-0.4, -0.2) is 21.9 Å². The number of pyridine rings is 1. The summed E-state index contributed by atoms with van der Waals surface area (Å²) >= 11 is 5.15. The molecular weight excluding hydrogens is 324 g/mol. The number of aromatic nitrogens is 1. The van der Waals surface area contributed by atoms with Crippen molar-refractivity contribution >= 4 is 50.2 Å². The number of hydrogen-bond acceptors (Lipinski definition) is 3. The molecule has 1 fully saturated rings. The van der Waals surface area contributed by atoms with Gasteiger partial charge in [0.15, 0.2) is 0 Å². The molecule has 3 rings (SSSR count). The van der Waals surface area contributed by atoms with E-state index in [1.807, 2.05) is 24.3 Å². The zero-order valence-electron chi connectivity index (χ0n) is 10.2. The summed E-state index contributed by atoms with van der Waals surface area (Å²) in [5, 5.41) is 4.12. The van der Waals surface area contributed by atoms with Crippen LogP contribution in [0.2, 0.25) is 0 Å². The number of halogens is 1. The van der Waals surface area contributed by atoms with Gasteiger partial charge < -0.3 is 5.32 Å². The second-order valence-electron chi connectivity index (χ2n) is 4.52. The number of nitrogens with one attached hydrogen (secondary N) is 1. The Hall–Kier alpha value is -1.07. The van der Waals surface area contributed by atoms with E-state index in [9.17, 15) is 4.79 Å². The van der Waals surface area contributed by atoms with Crippen molar-refractivity contribution in [3.8, 4) is 0 Å². The summed E-state index contributed by atoms with van der Waals surface area (Å²) in [6, 6.07) is 7.84. The minimum absolute atomic E-state index is 0.0886. The highest BCUT2D eigenvalue weighted by Crippen LogP contribution is 2.29. The van der Waals surface area contributed by atoms with Crippen LogP contribution in [0.3, 0.4) is 0 Å². The zero-order valence-corrected chi connectivity index (χ0v) is 12.6.